The number of methoxy groups -OCH3 is 1. The number of anilines is 2. The minimum atomic E-state index is -0.306. The predicted molar refractivity (Wildman–Crippen MR) is 153 cm³/mol. The summed E-state index contributed by atoms with van der Waals surface area (Å²) in [6.07, 6.45) is 5.95. The van der Waals surface area contributed by atoms with E-state index in [9.17, 15) is 9.65 Å². The number of aryl methyl sites for hydroxylation is 1. The number of pyridine rings is 1. The van der Waals surface area contributed by atoms with Crippen LogP contribution < -0.4 is 10.7 Å². The molecule has 1 saturated carbocycles. The van der Waals surface area contributed by atoms with Crippen LogP contribution in [0.1, 0.15) is 36.9 Å². The van der Waals surface area contributed by atoms with Gasteiger partial charge in [0, 0.05) is 18.5 Å². The molecule has 200 valence electrons. The summed E-state index contributed by atoms with van der Waals surface area (Å²) in [7, 11) is 1.77. The molecule has 0 atom stereocenters. The Morgan fingerprint density at radius 1 is 1.02 bits per heavy atom. The monoisotopic (exact) mass is 532 g/mol. The minimum absolute atomic E-state index is 0.173. The molecule has 0 unspecified atom stereocenters. The van der Waals surface area contributed by atoms with Crippen LogP contribution in [0.3, 0.4) is 0 Å². The zero-order valence-electron chi connectivity index (χ0n) is 22.4. The standard InChI is InChI=1S/C32H29FN6O/c1-20-3-7-24(19-35-20)37-27-16-30-32(17-28(27)36-23-8-12-26(40-2)13-9-23)39(25-10-5-22(33)6-11-25)31-14-4-21(18-34)15-29(31)38-30/h3-7,10-11,14-17,19,23,26,37H,8-9,12-13H2,1-2H3. The van der Waals surface area contributed by atoms with Crippen molar-refractivity contribution >= 4 is 22.4 Å². The van der Waals surface area contributed by atoms with Crippen molar-refractivity contribution in [2.24, 2.45) is 4.99 Å². The second-order valence-corrected chi connectivity index (χ2v) is 10.2. The zero-order valence-corrected chi connectivity index (χ0v) is 22.4. The van der Waals surface area contributed by atoms with Gasteiger partial charge < -0.3 is 14.6 Å². The summed E-state index contributed by atoms with van der Waals surface area (Å²) in [6, 6.07) is 22.2. The molecule has 0 radical (unpaired) electrons. The molecule has 40 heavy (non-hydrogen) atoms. The predicted octanol–water partition coefficient (Wildman–Crippen LogP) is 6.45. The Labute approximate surface area is 232 Å². The number of hydrogen-bond donors (Lipinski definition) is 1. The number of aromatic nitrogens is 3. The van der Waals surface area contributed by atoms with Gasteiger partial charge in [-0.2, -0.15) is 5.26 Å². The molecule has 7 nitrogen and oxygen atoms in total. The van der Waals surface area contributed by atoms with Crippen molar-refractivity contribution in [2.45, 2.75) is 44.8 Å². The number of ether oxygens (including phenoxy) is 1. The fraction of sp³-hybridized carbons (Fsp3) is 0.250. The van der Waals surface area contributed by atoms with Gasteiger partial charge in [-0.25, -0.2) is 9.37 Å². The van der Waals surface area contributed by atoms with Crippen molar-refractivity contribution in [3.63, 3.8) is 0 Å². The molecule has 6 rings (SSSR count). The van der Waals surface area contributed by atoms with Crippen LogP contribution in [0.25, 0.3) is 28.1 Å². The number of rotatable bonds is 5. The van der Waals surface area contributed by atoms with Crippen molar-refractivity contribution in [1.82, 2.24) is 14.5 Å². The number of hydrogen-bond acceptors (Lipinski definition) is 6. The Kier molecular flexibility index (Phi) is 6.97. The second kappa shape index (κ2) is 10.9. The summed E-state index contributed by atoms with van der Waals surface area (Å²) in [5, 5.41) is 13.8. The highest BCUT2D eigenvalue weighted by Gasteiger charge is 2.22. The molecule has 3 aromatic rings. The lowest BCUT2D eigenvalue weighted by Crippen LogP contribution is -2.25. The van der Waals surface area contributed by atoms with Crippen molar-refractivity contribution in [3.05, 3.63) is 95.4 Å². The molecule has 1 fully saturated rings. The average molecular weight is 533 g/mol. The van der Waals surface area contributed by atoms with Crippen LogP contribution in [0.5, 0.6) is 0 Å². The zero-order chi connectivity index (χ0) is 27.6. The molecule has 2 aliphatic carbocycles. The maximum absolute atomic E-state index is 13.9. The number of fused-ring (bicyclic) bond motifs is 2. The van der Waals surface area contributed by atoms with E-state index in [-0.39, 0.29) is 18.0 Å². The Morgan fingerprint density at radius 3 is 2.52 bits per heavy atom. The maximum Gasteiger partial charge on any atom is 0.123 e. The van der Waals surface area contributed by atoms with Gasteiger partial charge in [-0.3, -0.25) is 9.98 Å². The number of nitrogens with one attached hydrogen (secondary N) is 1. The Bertz CT molecular complexity index is 1750. The Hall–Kier alpha value is -4.61. The first-order valence-corrected chi connectivity index (χ1v) is 13.4. The number of nitrogens with zero attached hydrogens (tertiary/aromatic N) is 5. The van der Waals surface area contributed by atoms with Crippen molar-refractivity contribution in [1.29, 1.82) is 5.26 Å². The molecular weight excluding hydrogens is 503 g/mol. The van der Waals surface area contributed by atoms with Gasteiger partial charge in [0.05, 0.1) is 69.1 Å². The highest BCUT2D eigenvalue weighted by atomic mass is 19.1. The van der Waals surface area contributed by atoms with Crippen LogP contribution in [0.15, 0.2) is 77.9 Å². The summed E-state index contributed by atoms with van der Waals surface area (Å²) in [5.41, 5.74) is 6.95. The number of halogens is 1. The lowest BCUT2D eigenvalue weighted by Gasteiger charge is -2.25. The third kappa shape index (κ3) is 5.16. The minimum Gasteiger partial charge on any atom is -0.381 e. The molecule has 8 heteroatoms. The molecule has 0 spiro atoms. The van der Waals surface area contributed by atoms with Gasteiger partial charge in [-0.1, -0.05) is 0 Å². The maximum atomic E-state index is 13.9. The van der Waals surface area contributed by atoms with E-state index >= 15 is 0 Å². The lowest BCUT2D eigenvalue weighted by atomic mass is 9.93. The first-order chi connectivity index (χ1) is 19.5. The van der Waals surface area contributed by atoms with E-state index in [0.717, 1.165) is 70.7 Å². The topological polar surface area (TPSA) is 88.1 Å². The second-order valence-electron chi connectivity index (χ2n) is 10.2. The molecule has 3 aliphatic rings. The normalized spacial score (nSPS) is 17.7. The van der Waals surface area contributed by atoms with Crippen molar-refractivity contribution in [2.75, 3.05) is 12.4 Å². The number of benzene rings is 3. The highest BCUT2D eigenvalue weighted by Crippen LogP contribution is 2.31. The van der Waals surface area contributed by atoms with Crippen molar-refractivity contribution < 1.29 is 9.13 Å². The van der Waals surface area contributed by atoms with Crippen molar-refractivity contribution in [3.8, 4) is 23.1 Å². The molecule has 2 aromatic carbocycles. The molecular formula is C32H29FN6O. The molecule has 1 aromatic heterocycles. The van der Waals surface area contributed by atoms with Crippen LogP contribution in [-0.4, -0.2) is 33.8 Å². The summed E-state index contributed by atoms with van der Waals surface area (Å²) >= 11 is 0. The third-order valence-corrected chi connectivity index (χ3v) is 7.49. The Balaban J connectivity index is 1.59. The Morgan fingerprint density at radius 2 is 1.82 bits per heavy atom. The van der Waals surface area contributed by atoms with Gasteiger partial charge in [0.15, 0.2) is 0 Å². The molecule has 1 N–H and O–H groups in total. The quantitative estimate of drug-likeness (QED) is 0.263. The average Bonchev–Trinajstić information content (AvgIpc) is 2.98. The molecule has 2 heterocycles. The van der Waals surface area contributed by atoms with Gasteiger partial charge in [-0.15, -0.1) is 0 Å². The fourth-order valence-electron chi connectivity index (χ4n) is 5.34. The third-order valence-electron chi connectivity index (χ3n) is 7.49. The van der Waals surface area contributed by atoms with E-state index < -0.39 is 0 Å². The summed E-state index contributed by atoms with van der Waals surface area (Å²) in [5.74, 6) is -0.306. The first kappa shape index (κ1) is 25.7. The van der Waals surface area contributed by atoms with Gasteiger partial charge in [0.2, 0.25) is 0 Å². The van der Waals surface area contributed by atoms with Crippen LogP contribution in [-0.2, 0) is 4.74 Å². The van der Waals surface area contributed by atoms with E-state index in [0.29, 0.717) is 11.1 Å². The van der Waals surface area contributed by atoms with Crippen LogP contribution in [0.4, 0.5) is 15.8 Å². The van der Waals surface area contributed by atoms with E-state index in [1.165, 1.54) is 12.1 Å². The first-order valence-electron chi connectivity index (χ1n) is 13.4. The highest BCUT2D eigenvalue weighted by molar-refractivity contribution is 5.85. The van der Waals surface area contributed by atoms with E-state index in [1.807, 2.05) is 31.2 Å². The van der Waals surface area contributed by atoms with E-state index in [2.05, 4.69) is 27.0 Å². The lowest BCUT2D eigenvalue weighted by molar-refractivity contribution is 0.0663. The summed E-state index contributed by atoms with van der Waals surface area (Å²) in [4.78, 5) is 14.6. The number of nitriles is 1. The molecule has 0 bridgehead atoms. The molecule has 0 amide bonds. The largest absolute Gasteiger partial charge is 0.381 e. The van der Waals surface area contributed by atoms with E-state index in [4.69, 9.17) is 14.7 Å². The van der Waals surface area contributed by atoms with Gasteiger partial charge in [0.25, 0.3) is 0 Å². The van der Waals surface area contributed by atoms with Crippen LogP contribution >= 0.6 is 0 Å². The summed E-state index contributed by atoms with van der Waals surface area (Å²) in [6.45, 7) is 1.95. The summed E-state index contributed by atoms with van der Waals surface area (Å²) < 4.78 is 21.5. The van der Waals surface area contributed by atoms with Crippen LogP contribution in [0, 0.1) is 24.1 Å². The van der Waals surface area contributed by atoms with Gasteiger partial charge in [0.1, 0.15) is 5.82 Å². The van der Waals surface area contributed by atoms with E-state index in [1.54, 1.807) is 37.6 Å². The van der Waals surface area contributed by atoms with Gasteiger partial charge >= 0.3 is 0 Å². The fourth-order valence-corrected chi connectivity index (χ4v) is 5.34. The van der Waals surface area contributed by atoms with Gasteiger partial charge in [-0.05, 0) is 99.3 Å². The SMILES string of the molecule is COC1CCC(N=c2cc3n(-c4ccc(F)cc4)c4ccc(C#N)cc4nc-3cc2Nc2ccc(C)nc2)CC1. The molecule has 1 aliphatic heterocycles. The molecule has 0 saturated heterocycles. The smallest absolute Gasteiger partial charge is 0.123 e. The van der Waals surface area contributed by atoms with Crippen LogP contribution in [0.2, 0.25) is 0 Å².